The van der Waals surface area contributed by atoms with Gasteiger partial charge in [-0.1, -0.05) is 0 Å². The molecule has 0 aromatic carbocycles. The van der Waals surface area contributed by atoms with Gasteiger partial charge in [-0.15, -0.1) is 0 Å². The van der Waals surface area contributed by atoms with Crippen LogP contribution >= 0.6 is 0 Å². The quantitative estimate of drug-likeness (QED) is 0.603. The number of hydrogen-bond donors (Lipinski definition) is 3. The fourth-order valence-electron chi connectivity index (χ4n) is 1.47. The summed E-state index contributed by atoms with van der Waals surface area (Å²) in [5, 5.41) is 9.28. The number of hydrogen-bond acceptors (Lipinski definition) is 6. The van der Waals surface area contributed by atoms with E-state index in [1.807, 2.05) is 0 Å². The van der Waals surface area contributed by atoms with Crippen molar-refractivity contribution in [3.8, 4) is 0 Å². The highest BCUT2D eigenvalue weighted by molar-refractivity contribution is 5.48. The molecule has 0 amide bonds. The van der Waals surface area contributed by atoms with Crippen molar-refractivity contribution >= 4 is 11.5 Å². The van der Waals surface area contributed by atoms with E-state index < -0.39 is 0 Å². The lowest BCUT2D eigenvalue weighted by Gasteiger charge is -2.15. The summed E-state index contributed by atoms with van der Waals surface area (Å²) >= 11 is 0. The molecule has 8 heteroatoms. The highest BCUT2D eigenvalue weighted by atomic mass is 16.5. The van der Waals surface area contributed by atoms with Gasteiger partial charge in [-0.05, 0) is 0 Å². The lowest BCUT2D eigenvalue weighted by Crippen LogP contribution is -2.33. The number of nitrogens with one attached hydrogen (secondary N) is 2. The van der Waals surface area contributed by atoms with Gasteiger partial charge in [0.05, 0.1) is 12.6 Å². The first-order chi connectivity index (χ1) is 8.24. The average Bonchev–Trinajstić information content (AvgIpc) is 2.70. The molecule has 2 aromatic rings. The Morgan fingerprint density at radius 2 is 2.53 bits per heavy atom. The number of anilines is 1. The van der Waals surface area contributed by atoms with Crippen molar-refractivity contribution in [2.45, 2.75) is 6.04 Å². The van der Waals surface area contributed by atoms with Gasteiger partial charge in [0.2, 0.25) is 0 Å². The SMILES string of the molecule is COCC(CN)Nc1cc2n[nH]c(=O)n2cn1. The summed E-state index contributed by atoms with van der Waals surface area (Å²) in [5.41, 5.74) is 5.76. The van der Waals surface area contributed by atoms with Gasteiger partial charge in [-0.2, -0.15) is 5.10 Å². The molecular formula is C9H14N6O2. The number of fused-ring (bicyclic) bond motifs is 1. The molecule has 0 aliphatic rings. The van der Waals surface area contributed by atoms with Gasteiger partial charge in [0.15, 0.2) is 5.65 Å². The van der Waals surface area contributed by atoms with E-state index in [1.54, 1.807) is 13.2 Å². The molecular weight excluding hydrogens is 224 g/mol. The second kappa shape index (κ2) is 4.93. The molecule has 0 saturated carbocycles. The van der Waals surface area contributed by atoms with E-state index in [4.69, 9.17) is 10.5 Å². The summed E-state index contributed by atoms with van der Waals surface area (Å²) in [6.45, 7) is 0.908. The van der Waals surface area contributed by atoms with Gasteiger partial charge >= 0.3 is 5.69 Å². The van der Waals surface area contributed by atoms with Crippen molar-refractivity contribution in [3.05, 3.63) is 22.9 Å². The first-order valence-electron chi connectivity index (χ1n) is 5.13. The maximum Gasteiger partial charge on any atom is 0.348 e. The van der Waals surface area contributed by atoms with Crippen LogP contribution in [0.2, 0.25) is 0 Å². The number of H-pyrrole nitrogens is 1. The number of ether oxygens (including phenoxy) is 1. The van der Waals surface area contributed by atoms with Gasteiger partial charge in [0.1, 0.15) is 12.1 Å². The normalized spacial score (nSPS) is 12.8. The van der Waals surface area contributed by atoms with Crippen LogP contribution in [0, 0.1) is 0 Å². The lowest BCUT2D eigenvalue weighted by atomic mass is 10.3. The Morgan fingerprint density at radius 3 is 3.24 bits per heavy atom. The van der Waals surface area contributed by atoms with Gasteiger partial charge in [0.25, 0.3) is 0 Å². The van der Waals surface area contributed by atoms with Crippen LogP contribution in [0.25, 0.3) is 5.65 Å². The predicted molar refractivity (Wildman–Crippen MR) is 61.9 cm³/mol. The summed E-state index contributed by atoms with van der Waals surface area (Å²) in [6.07, 6.45) is 1.41. The fourth-order valence-corrected chi connectivity index (χ4v) is 1.47. The summed E-state index contributed by atoms with van der Waals surface area (Å²) in [7, 11) is 1.61. The molecule has 1 atom stereocenters. The van der Waals surface area contributed by atoms with E-state index in [0.29, 0.717) is 24.6 Å². The molecule has 0 radical (unpaired) electrons. The van der Waals surface area contributed by atoms with E-state index in [-0.39, 0.29) is 11.7 Å². The van der Waals surface area contributed by atoms with E-state index >= 15 is 0 Å². The third-order valence-electron chi connectivity index (χ3n) is 2.31. The molecule has 0 saturated heterocycles. The van der Waals surface area contributed by atoms with Crippen molar-refractivity contribution in [2.24, 2.45) is 5.73 Å². The maximum atomic E-state index is 11.2. The second-order valence-corrected chi connectivity index (χ2v) is 3.56. The Labute approximate surface area is 96.8 Å². The molecule has 2 rings (SSSR count). The second-order valence-electron chi connectivity index (χ2n) is 3.56. The number of methoxy groups -OCH3 is 1. The van der Waals surface area contributed by atoms with E-state index in [0.717, 1.165) is 0 Å². The first-order valence-corrected chi connectivity index (χ1v) is 5.13. The third-order valence-corrected chi connectivity index (χ3v) is 2.31. The van der Waals surface area contributed by atoms with Gasteiger partial charge in [-0.25, -0.2) is 19.3 Å². The molecule has 0 spiro atoms. The van der Waals surface area contributed by atoms with E-state index in [2.05, 4.69) is 20.5 Å². The Bertz CT molecular complexity index is 548. The van der Waals surface area contributed by atoms with Crippen molar-refractivity contribution < 1.29 is 4.74 Å². The summed E-state index contributed by atoms with van der Waals surface area (Å²) in [5.74, 6) is 0.601. The van der Waals surface area contributed by atoms with Crippen LogP contribution in [-0.2, 0) is 4.74 Å². The van der Waals surface area contributed by atoms with Crippen LogP contribution in [0.5, 0.6) is 0 Å². The predicted octanol–water partition coefficient (Wildman–Crippen LogP) is -1.20. The molecule has 1 unspecified atom stereocenters. The number of nitrogens with zero attached hydrogens (tertiary/aromatic N) is 3. The average molecular weight is 238 g/mol. The molecule has 0 bridgehead atoms. The molecule has 2 aromatic heterocycles. The van der Waals surface area contributed by atoms with Crippen LogP contribution in [0.1, 0.15) is 0 Å². The third kappa shape index (κ3) is 2.43. The maximum absolute atomic E-state index is 11.2. The number of nitrogens with two attached hydrogens (primary N) is 1. The smallest absolute Gasteiger partial charge is 0.348 e. The number of aromatic nitrogens is 4. The largest absolute Gasteiger partial charge is 0.383 e. The summed E-state index contributed by atoms with van der Waals surface area (Å²) < 4.78 is 6.33. The summed E-state index contributed by atoms with van der Waals surface area (Å²) in [6, 6.07) is 1.64. The molecule has 0 fully saturated rings. The molecule has 4 N–H and O–H groups in total. The zero-order chi connectivity index (χ0) is 12.3. The minimum Gasteiger partial charge on any atom is -0.383 e. The zero-order valence-electron chi connectivity index (χ0n) is 9.38. The Hall–Kier alpha value is -1.93. The first kappa shape index (κ1) is 11.6. The molecule has 0 aliphatic heterocycles. The Kier molecular flexibility index (Phi) is 3.35. The molecule has 8 nitrogen and oxygen atoms in total. The van der Waals surface area contributed by atoms with E-state index in [1.165, 1.54) is 10.7 Å². The number of aromatic amines is 1. The van der Waals surface area contributed by atoms with E-state index in [9.17, 15) is 4.79 Å². The molecule has 17 heavy (non-hydrogen) atoms. The van der Waals surface area contributed by atoms with Crippen LogP contribution in [0.4, 0.5) is 5.82 Å². The zero-order valence-corrected chi connectivity index (χ0v) is 9.38. The fraction of sp³-hybridized carbons (Fsp3) is 0.444. The highest BCUT2D eigenvalue weighted by Crippen LogP contribution is 2.05. The van der Waals surface area contributed by atoms with Crippen LogP contribution in [0.15, 0.2) is 17.2 Å². The minimum atomic E-state index is -0.314. The topological polar surface area (TPSA) is 110 Å². The highest BCUT2D eigenvalue weighted by Gasteiger charge is 2.08. The molecule has 2 heterocycles. The van der Waals surface area contributed by atoms with Crippen molar-refractivity contribution in [1.29, 1.82) is 0 Å². The standard InChI is InChI=1S/C9H14N6O2/c1-17-4-6(3-10)12-7-2-8-13-14-9(16)15(8)5-11-7/h2,5-6,12H,3-4,10H2,1H3,(H,14,16). The van der Waals surface area contributed by atoms with Gasteiger partial charge < -0.3 is 15.8 Å². The van der Waals surface area contributed by atoms with Crippen molar-refractivity contribution in [1.82, 2.24) is 19.6 Å². The van der Waals surface area contributed by atoms with Crippen molar-refractivity contribution in [3.63, 3.8) is 0 Å². The summed E-state index contributed by atoms with van der Waals surface area (Å²) in [4.78, 5) is 15.3. The van der Waals surface area contributed by atoms with Crippen LogP contribution in [0.3, 0.4) is 0 Å². The lowest BCUT2D eigenvalue weighted by molar-refractivity contribution is 0.187. The Morgan fingerprint density at radius 1 is 1.71 bits per heavy atom. The monoisotopic (exact) mass is 238 g/mol. The van der Waals surface area contributed by atoms with Gasteiger partial charge in [-0.3, -0.25) is 0 Å². The Balaban J connectivity index is 2.21. The van der Waals surface area contributed by atoms with Crippen LogP contribution in [-0.4, -0.2) is 45.9 Å². The molecule has 0 aliphatic carbocycles. The van der Waals surface area contributed by atoms with Gasteiger partial charge in [0, 0.05) is 19.7 Å². The van der Waals surface area contributed by atoms with Crippen LogP contribution < -0.4 is 16.7 Å². The van der Waals surface area contributed by atoms with Crippen molar-refractivity contribution in [2.75, 3.05) is 25.6 Å². The molecule has 92 valence electrons. The minimum absolute atomic E-state index is 0.0272. The number of rotatable bonds is 5.